The number of halogens is 1. The van der Waals surface area contributed by atoms with Crippen LogP contribution in [0.15, 0.2) is 0 Å². The number of carbonyl (C=O) groups is 2. The van der Waals surface area contributed by atoms with Gasteiger partial charge in [0.25, 0.3) is 0 Å². The van der Waals surface area contributed by atoms with E-state index in [1.165, 1.54) is 12.8 Å². The average molecular weight is 290 g/mol. The highest BCUT2D eigenvalue weighted by molar-refractivity contribution is 5.89. The van der Waals surface area contributed by atoms with Crippen molar-refractivity contribution in [3.8, 4) is 0 Å². The van der Waals surface area contributed by atoms with E-state index in [4.69, 9.17) is 0 Å². The molecular formula is C13H24ClN3O2. The van der Waals surface area contributed by atoms with E-state index >= 15 is 0 Å². The van der Waals surface area contributed by atoms with Gasteiger partial charge in [-0.25, -0.2) is 0 Å². The first kappa shape index (κ1) is 16.2. The van der Waals surface area contributed by atoms with E-state index in [0.29, 0.717) is 6.54 Å². The van der Waals surface area contributed by atoms with Crippen LogP contribution in [0.5, 0.6) is 0 Å². The van der Waals surface area contributed by atoms with Crippen molar-refractivity contribution < 1.29 is 9.59 Å². The lowest BCUT2D eigenvalue weighted by atomic mass is 10.2. The van der Waals surface area contributed by atoms with Gasteiger partial charge >= 0.3 is 0 Å². The second-order valence-corrected chi connectivity index (χ2v) is 5.61. The molecule has 0 radical (unpaired) electrons. The zero-order valence-corrected chi connectivity index (χ0v) is 12.5. The van der Waals surface area contributed by atoms with Crippen molar-refractivity contribution in [2.24, 2.45) is 5.92 Å². The quantitative estimate of drug-likeness (QED) is 0.750. The molecule has 110 valence electrons. The fourth-order valence-electron chi connectivity index (χ4n) is 2.31. The molecule has 1 unspecified atom stereocenters. The normalized spacial score (nSPS) is 22.6. The van der Waals surface area contributed by atoms with Crippen LogP contribution in [0.4, 0.5) is 0 Å². The topological polar surface area (TPSA) is 61.4 Å². The van der Waals surface area contributed by atoms with E-state index in [1.54, 1.807) is 0 Å². The number of hydrogen-bond acceptors (Lipinski definition) is 3. The van der Waals surface area contributed by atoms with Crippen molar-refractivity contribution in [3.63, 3.8) is 0 Å². The van der Waals surface area contributed by atoms with E-state index in [9.17, 15) is 9.59 Å². The monoisotopic (exact) mass is 289 g/mol. The molecule has 2 rings (SSSR count). The first-order valence-electron chi connectivity index (χ1n) is 6.88. The molecule has 5 nitrogen and oxygen atoms in total. The molecule has 0 aromatic heterocycles. The van der Waals surface area contributed by atoms with E-state index < -0.39 is 0 Å². The van der Waals surface area contributed by atoms with Gasteiger partial charge in [-0.1, -0.05) is 0 Å². The third-order valence-corrected chi connectivity index (χ3v) is 3.61. The van der Waals surface area contributed by atoms with Crippen LogP contribution < -0.4 is 10.6 Å². The smallest absolute Gasteiger partial charge is 0.245 e. The van der Waals surface area contributed by atoms with Crippen molar-refractivity contribution in [3.05, 3.63) is 0 Å². The Morgan fingerprint density at radius 3 is 2.58 bits per heavy atom. The highest BCUT2D eigenvalue weighted by Gasteiger charge is 2.33. The third kappa shape index (κ3) is 4.66. The Hall–Kier alpha value is -0.810. The number of rotatable bonds is 6. The molecular weight excluding hydrogens is 266 g/mol. The Balaban J connectivity index is 0.00000180. The second kappa shape index (κ2) is 7.10. The molecule has 1 saturated heterocycles. The fraction of sp³-hybridized carbons (Fsp3) is 0.846. The van der Waals surface area contributed by atoms with Gasteiger partial charge in [-0.05, 0) is 45.6 Å². The summed E-state index contributed by atoms with van der Waals surface area (Å²) in [5, 5.41) is 5.95. The number of likely N-dealkylation sites (tertiary alicyclic amines) is 1. The second-order valence-electron chi connectivity index (χ2n) is 5.61. The van der Waals surface area contributed by atoms with Crippen LogP contribution in [0, 0.1) is 5.92 Å². The van der Waals surface area contributed by atoms with Gasteiger partial charge in [0.05, 0.1) is 6.54 Å². The molecule has 1 heterocycles. The summed E-state index contributed by atoms with van der Waals surface area (Å²) >= 11 is 0. The predicted octanol–water partition coefficient (Wildman–Crippen LogP) is 0.533. The Bertz CT molecular complexity index is 332. The van der Waals surface area contributed by atoms with Crippen molar-refractivity contribution in [1.82, 2.24) is 15.5 Å². The molecule has 19 heavy (non-hydrogen) atoms. The molecule has 2 N–H and O–H groups in total. The van der Waals surface area contributed by atoms with Crippen molar-refractivity contribution in [2.45, 2.75) is 45.2 Å². The lowest BCUT2D eigenvalue weighted by molar-refractivity contribution is -0.133. The highest BCUT2D eigenvalue weighted by Crippen LogP contribution is 2.27. The Morgan fingerprint density at radius 1 is 1.37 bits per heavy atom. The average Bonchev–Trinajstić information content (AvgIpc) is 3.04. The molecule has 1 saturated carbocycles. The minimum absolute atomic E-state index is 0. The summed E-state index contributed by atoms with van der Waals surface area (Å²) in [7, 11) is 0. The lowest BCUT2D eigenvalue weighted by Gasteiger charge is -2.21. The van der Waals surface area contributed by atoms with Crippen LogP contribution in [0.3, 0.4) is 0 Å². The van der Waals surface area contributed by atoms with Gasteiger partial charge in [-0.2, -0.15) is 0 Å². The van der Waals surface area contributed by atoms with Crippen LogP contribution in [0.1, 0.15) is 33.1 Å². The molecule has 0 aromatic rings. The molecule has 6 heteroatoms. The predicted molar refractivity (Wildman–Crippen MR) is 76.2 cm³/mol. The molecule has 0 bridgehead atoms. The molecule has 2 fully saturated rings. The molecule has 1 aliphatic heterocycles. The van der Waals surface area contributed by atoms with E-state index in [2.05, 4.69) is 10.6 Å². The Kier molecular flexibility index (Phi) is 6.07. The van der Waals surface area contributed by atoms with Crippen LogP contribution >= 0.6 is 12.4 Å². The SMILES string of the molecule is CC(C)N1CCC(NC(=O)CNCC2CC2)C1=O.Cl. The number of nitrogens with zero attached hydrogens (tertiary/aromatic N) is 1. The largest absolute Gasteiger partial charge is 0.343 e. The van der Waals surface area contributed by atoms with Crippen LogP contribution in [0.2, 0.25) is 0 Å². The molecule has 0 spiro atoms. The summed E-state index contributed by atoms with van der Waals surface area (Å²) in [5.41, 5.74) is 0. The minimum atomic E-state index is -0.317. The fourth-order valence-corrected chi connectivity index (χ4v) is 2.31. The molecule has 1 aliphatic carbocycles. The summed E-state index contributed by atoms with van der Waals surface area (Å²) in [6.45, 7) is 5.99. The van der Waals surface area contributed by atoms with Gasteiger partial charge in [0.15, 0.2) is 0 Å². The summed E-state index contributed by atoms with van der Waals surface area (Å²) in [5.74, 6) is 0.752. The maximum atomic E-state index is 12.0. The summed E-state index contributed by atoms with van der Waals surface area (Å²) in [6, 6.07) is -0.102. The summed E-state index contributed by atoms with van der Waals surface area (Å²) in [4.78, 5) is 25.5. The van der Waals surface area contributed by atoms with Crippen molar-refractivity contribution in [1.29, 1.82) is 0 Å². The lowest BCUT2D eigenvalue weighted by Crippen LogP contribution is -2.46. The minimum Gasteiger partial charge on any atom is -0.343 e. The maximum Gasteiger partial charge on any atom is 0.245 e. The third-order valence-electron chi connectivity index (χ3n) is 3.61. The summed E-state index contributed by atoms with van der Waals surface area (Å²) < 4.78 is 0. The molecule has 2 amide bonds. The molecule has 2 aliphatic rings. The number of carbonyl (C=O) groups excluding carboxylic acids is 2. The van der Waals surface area contributed by atoms with Gasteiger partial charge in [0.2, 0.25) is 11.8 Å². The van der Waals surface area contributed by atoms with Crippen LogP contribution in [-0.4, -0.2) is 48.4 Å². The highest BCUT2D eigenvalue weighted by atomic mass is 35.5. The van der Waals surface area contributed by atoms with Gasteiger partial charge in [-0.3, -0.25) is 9.59 Å². The van der Waals surface area contributed by atoms with Crippen molar-refractivity contribution in [2.75, 3.05) is 19.6 Å². The number of amides is 2. The zero-order valence-electron chi connectivity index (χ0n) is 11.6. The van der Waals surface area contributed by atoms with E-state index in [-0.39, 0.29) is 36.3 Å². The summed E-state index contributed by atoms with van der Waals surface area (Å²) in [6.07, 6.45) is 3.28. The van der Waals surface area contributed by atoms with E-state index in [0.717, 1.165) is 25.4 Å². The van der Waals surface area contributed by atoms with Gasteiger partial charge in [0.1, 0.15) is 6.04 Å². The standard InChI is InChI=1S/C13H23N3O2.ClH/c1-9(2)16-6-5-11(13(16)18)15-12(17)8-14-7-10-3-4-10;/h9-11,14H,3-8H2,1-2H3,(H,15,17);1H. The van der Waals surface area contributed by atoms with Gasteiger partial charge < -0.3 is 15.5 Å². The first-order valence-corrected chi connectivity index (χ1v) is 6.88. The van der Waals surface area contributed by atoms with Crippen LogP contribution in [0.25, 0.3) is 0 Å². The van der Waals surface area contributed by atoms with Gasteiger partial charge in [0, 0.05) is 12.6 Å². The number of hydrogen-bond donors (Lipinski definition) is 2. The first-order chi connectivity index (χ1) is 8.58. The van der Waals surface area contributed by atoms with Gasteiger partial charge in [-0.15, -0.1) is 12.4 Å². The zero-order chi connectivity index (χ0) is 13.1. The van der Waals surface area contributed by atoms with E-state index in [1.807, 2.05) is 18.7 Å². The maximum absolute atomic E-state index is 12.0. The Labute approximate surface area is 120 Å². The Morgan fingerprint density at radius 2 is 2.05 bits per heavy atom. The molecule has 1 atom stereocenters. The van der Waals surface area contributed by atoms with Crippen molar-refractivity contribution >= 4 is 24.2 Å². The van der Waals surface area contributed by atoms with Crippen LogP contribution in [-0.2, 0) is 9.59 Å². The molecule has 0 aromatic carbocycles. The number of nitrogens with one attached hydrogen (secondary N) is 2.